The third-order valence-electron chi connectivity index (χ3n) is 3.11. The molecule has 0 saturated heterocycles. The van der Waals surface area contributed by atoms with E-state index >= 15 is 0 Å². The molecule has 5 heteroatoms. The third-order valence-corrected chi connectivity index (χ3v) is 11.4. The van der Waals surface area contributed by atoms with Gasteiger partial charge in [-0.3, -0.25) is 0 Å². The van der Waals surface area contributed by atoms with Crippen LogP contribution in [0.5, 0.6) is 0 Å². The van der Waals surface area contributed by atoms with Gasteiger partial charge >= 0.3 is 0 Å². The van der Waals surface area contributed by atoms with E-state index in [1.165, 1.54) is 24.2 Å². The van der Waals surface area contributed by atoms with Crippen molar-refractivity contribution in [1.29, 1.82) is 0 Å². The van der Waals surface area contributed by atoms with Gasteiger partial charge in [-0.25, -0.2) is 0 Å². The smallest absolute Gasteiger partial charge is 0.0273 e. The highest BCUT2D eigenvalue weighted by molar-refractivity contribution is 9.17. The highest BCUT2D eigenvalue weighted by atomic mass is 33.5. The van der Waals surface area contributed by atoms with E-state index in [-0.39, 0.29) is 0 Å². The van der Waals surface area contributed by atoms with Gasteiger partial charge < -0.3 is 0 Å². The molecule has 4 rings (SSSR count). The molecule has 0 fully saturated rings. The average Bonchev–Trinajstić information content (AvgIpc) is 3.05. The Balaban J connectivity index is 1.82. The van der Waals surface area contributed by atoms with Crippen LogP contribution in [0.4, 0.5) is 0 Å². The molecule has 3 aliphatic heterocycles. The van der Waals surface area contributed by atoms with Crippen molar-refractivity contribution in [3.63, 3.8) is 0 Å². The number of hydrogen-bond donors (Lipinski definition) is 0. The maximum absolute atomic E-state index is 2.35. The van der Waals surface area contributed by atoms with E-state index < -0.39 is 0 Å². The molecule has 0 bridgehead atoms. The Bertz CT molecular complexity index is 547. The lowest BCUT2D eigenvalue weighted by Gasteiger charge is -2.19. The van der Waals surface area contributed by atoms with Crippen molar-refractivity contribution in [2.75, 3.05) is 0 Å². The van der Waals surface area contributed by atoms with Crippen LogP contribution in [0.25, 0.3) is 0 Å². The number of hydrogen-bond acceptors (Lipinski definition) is 4. The summed E-state index contributed by atoms with van der Waals surface area (Å²) in [6.45, 7) is 0. The zero-order valence-corrected chi connectivity index (χ0v) is 13.1. The van der Waals surface area contributed by atoms with Crippen LogP contribution >= 0.6 is 51.7 Å². The molecule has 0 saturated carbocycles. The van der Waals surface area contributed by atoms with E-state index in [1.54, 1.807) is 20.9 Å². The van der Waals surface area contributed by atoms with E-state index in [1.807, 2.05) is 32.4 Å². The fourth-order valence-electron chi connectivity index (χ4n) is 2.36. The van der Waals surface area contributed by atoms with Crippen molar-refractivity contribution < 1.29 is 0 Å². The third kappa shape index (κ3) is 1.86. The summed E-state index contributed by atoms with van der Waals surface area (Å²) in [4.78, 5) is 4.77. The molecule has 0 spiro atoms. The summed E-state index contributed by atoms with van der Waals surface area (Å²) in [5.41, 5.74) is 3.30. The number of allylic oxidation sites excluding steroid dienone is 4. The summed E-state index contributed by atoms with van der Waals surface area (Å²) in [5, 5.41) is 4.49. The van der Waals surface area contributed by atoms with Crippen molar-refractivity contribution in [2.24, 2.45) is 0 Å². The standard InChI is InChI=1S/C12H10S5/c1-2-8(10-4-6-13-15-10)12-9(3-1)11-5-7-14-17(11)16-12/h4-7H,1-3H2/b10-8-. The molecule has 1 unspecified atom stereocenters. The van der Waals surface area contributed by atoms with Crippen LogP contribution in [-0.4, -0.2) is 4.86 Å². The predicted octanol–water partition coefficient (Wildman–Crippen LogP) is 5.87. The van der Waals surface area contributed by atoms with Crippen molar-refractivity contribution in [2.45, 2.75) is 19.3 Å². The van der Waals surface area contributed by atoms with Gasteiger partial charge in [0.15, 0.2) is 0 Å². The van der Waals surface area contributed by atoms with Gasteiger partial charge in [0.1, 0.15) is 0 Å². The molecule has 0 aromatic heterocycles. The monoisotopic (exact) mass is 314 g/mol. The molecule has 0 N–H and O–H groups in total. The van der Waals surface area contributed by atoms with Crippen LogP contribution in [0.3, 0.4) is 0 Å². The van der Waals surface area contributed by atoms with Crippen LogP contribution in [0.15, 0.2) is 43.9 Å². The molecule has 0 aromatic carbocycles. The van der Waals surface area contributed by atoms with Gasteiger partial charge in [0.2, 0.25) is 0 Å². The molecule has 0 aromatic rings. The fraction of sp³-hybridized carbons (Fsp3) is 0.250. The average molecular weight is 315 g/mol. The Kier molecular flexibility index (Phi) is 3.09. The van der Waals surface area contributed by atoms with Gasteiger partial charge in [0, 0.05) is 14.7 Å². The first-order chi connectivity index (χ1) is 8.43. The summed E-state index contributed by atoms with van der Waals surface area (Å²) in [6.07, 6.45) is 8.55. The molecule has 4 aliphatic rings. The Morgan fingerprint density at radius 1 is 1.06 bits per heavy atom. The maximum atomic E-state index is 2.35. The van der Waals surface area contributed by atoms with E-state index in [0.29, 0.717) is 8.55 Å². The minimum absolute atomic E-state index is 0.382. The van der Waals surface area contributed by atoms with Crippen molar-refractivity contribution in [1.82, 2.24) is 0 Å². The molecule has 0 radical (unpaired) electrons. The first kappa shape index (κ1) is 11.4. The normalized spacial score (nSPS) is 34.8. The quantitative estimate of drug-likeness (QED) is 0.405. The van der Waals surface area contributed by atoms with E-state index in [2.05, 4.69) is 33.8 Å². The van der Waals surface area contributed by atoms with E-state index in [0.717, 1.165) is 0 Å². The summed E-state index contributed by atoms with van der Waals surface area (Å²) in [7, 11) is 8.29. The molecular weight excluding hydrogens is 304 g/mol. The molecule has 1 aliphatic carbocycles. The number of rotatable bonds is 0. The molecule has 88 valence electrons. The van der Waals surface area contributed by atoms with Crippen LogP contribution in [-0.2, 0) is 0 Å². The summed E-state index contributed by atoms with van der Waals surface area (Å²) in [6, 6.07) is 0. The Labute approximate surface area is 119 Å². The van der Waals surface area contributed by atoms with Crippen LogP contribution < -0.4 is 0 Å². The molecule has 0 nitrogen and oxygen atoms in total. The Morgan fingerprint density at radius 2 is 2.00 bits per heavy atom. The second kappa shape index (κ2) is 4.60. The summed E-state index contributed by atoms with van der Waals surface area (Å²) < 4.78 is 0. The van der Waals surface area contributed by atoms with Gasteiger partial charge in [-0.1, -0.05) is 51.7 Å². The highest BCUT2D eigenvalue weighted by Crippen LogP contribution is 2.63. The SMILES string of the molecule is C1=C/C(=C2\CCCC3=C2SS2=C3C=CS2)SS1. The lowest BCUT2D eigenvalue weighted by atomic mass is 9.92. The van der Waals surface area contributed by atoms with Crippen LogP contribution in [0.2, 0.25) is 0 Å². The largest absolute Gasteiger partial charge is 0.0605 e. The maximum Gasteiger partial charge on any atom is 0.0273 e. The van der Waals surface area contributed by atoms with E-state index in [4.69, 9.17) is 0 Å². The van der Waals surface area contributed by atoms with Gasteiger partial charge in [0.05, 0.1) is 0 Å². The lowest BCUT2D eigenvalue weighted by Crippen LogP contribution is -2.04. The van der Waals surface area contributed by atoms with Crippen molar-refractivity contribution >= 4 is 56.6 Å². The zero-order valence-electron chi connectivity index (χ0n) is 8.97. The second-order valence-electron chi connectivity index (χ2n) is 4.07. The first-order valence-electron chi connectivity index (χ1n) is 5.53. The van der Waals surface area contributed by atoms with Gasteiger partial charge in [-0.05, 0) is 53.4 Å². The van der Waals surface area contributed by atoms with Crippen LogP contribution in [0.1, 0.15) is 19.3 Å². The summed E-state index contributed by atoms with van der Waals surface area (Å²) in [5.74, 6) is 0. The molecule has 0 amide bonds. The topological polar surface area (TPSA) is 0 Å². The van der Waals surface area contributed by atoms with Gasteiger partial charge in [0.25, 0.3) is 0 Å². The van der Waals surface area contributed by atoms with E-state index in [9.17, 15) is 0 Å². The van der Waals surface area contributed by atoms with Gasteiger partial charge in [-0.2, -0.15) is 0 Å². The summed E-state index contributed by atoms with van der Waals surface area (Å²) >= 11 is 0. The predicted molar refractivity (Wildman–Crippen MR) is 89.1 cm³/mol. The first-order valence-corrected chi connectivity index (χ1v) is 11.7. The van der Waals surface area contributed by atoms with Crippen molar-refractivity contribution in [3.05, 3.63) is 43.9 Å². The van der Waals surface area contributed by atoms with Crippen LogP contribution in [0, 0.1) is 0 Å². The van der Waals surface area contributed by atoms with Crippen molar-refractivity contribution in [3.8, 4) is 0 Å². The second-order valence-corrected chi connectivity index (χ2v) is 11.9. The minimum atomic E-state index is 0.382. The minimum Gasteiger partial charge on any atom is -0.0605 e. The number of fused-ring (bicyclic) bond motifs is 1. The zero-order chi connectivity index (χ0) is 11.2. The molecular formula is C12H10S5. The van der Waals surface area contributed by atoms with Gasteiger partial charge in [-0.15, -0.1) is 0 Å². The lowest BCUT2D eigenvalue weighted by molar-refractivity contribution is 0.801. The molecule has 1 atom stereocenters. The molecule has 3 heterocycles. The Morgan fingerprint density at radius 3 is 2.88 bits per heavy atom. The Hall–Kier alpha value is 0.580. The highest BCUT2D eigenvalue weighted by Gasteiger charge is 2.31. The molecule has 17 heavy (non-hydrogen) atoms. The fourth-order valence-corrected chi connectivity index (χ4v) is 11.0.